The van der Waals surface area contributed by atoms with Gasteiger partial charge in [0.1, 0.15) is 5.82 Å². The zero-order chi connectivity index (χ0) is 14.0. The van der Waals surface area contributed by atoms with Gasteiger partial charge >= 0.3 is 0 Å². The van der Waals surface area contributed by atoms with Gasteiger partial charge in [-0.15, -0.1) is 0 Å². The lowest BCUT2D eigenvalue weighted by molar-refractivity contribution is 0.421. The van der Waals surface area contributed by atoms with E-state index >= 15 is 0 Å². The van der Waals surface area contributed by atoms with Gasteiger partial charge in [0, 0.05) is 12.2 Å². The Morgan fingerprint density at radius 3 is 2.74 bits per heavy atom. The van der Waals surface area contributed by atoms with Crippen LogP contribution in [-0.2, 0) is 0 Å². The van der Waals surface area contributed by atoms with E-state index in [1.165, 1.54) is 12.1 Å². The number of hydrogen-bond donors (Lipinski definition) is 1. The minimum Gasteiger partial charge on any atom is -0.326 e. The molecule has 1 heterocycles. The molecule has 0 radical (unpaired) electrons. The molecule has 2 aromatic rings. The van der Waals surface area contributed by atoms with Crippen molar-refractivity contribution in [2.45, 2.75) is 32.4 Å². The van der Waals surface area contributed by atoms with Gasteiger partial charge in [0.2, 0.25) is 0 Å². The predicted molar refractivity (Wildman–Crippen MR) is 74.8 cm³/mol. The van der Waals surface area contributed by atoms with E-state index in [4.69, 9.17) is 17.3 Å². The molecule has 0 amide bonds. The molecular weight excluding hydrogens is 265 g/mol. The summed E-state index contributed by atoms with van der Waals surface area (Å²) in [5.41, 5.74) is 7.71. The highest BCUT2D eigenvalue weighted by atomic mass is 35.5. The summed E-state index contributed by atoms with van der Waals surface area (Å²) < 4.78 is 15.1. The summed E-state index contributed by atoms with van der Waals surface area (Å²) in [5, 5.41) is 4.96. The molecule has 0 saturated heterocycles. The van der Waals surface area contributed by atoms with Crippen LogP contribution < -0.4 is 5.73 Å². The summed E-state index contributed by atoms with van der Waals surface area (Å²) in [4.78, 5) is 0. The third-order valence-electron chi connectivity index (χ3n) is 3.21. The number of aryl methyl sites for hydroxylation is 1. The van der Waals surface area contributed by atoms with Crippen molar-refractivity contribution >= 4 is 11.6 Å². The molecule has 5 heteroatoms. The maximum Gasteiger partial charge on any atom is 0.123 e. The maximum absolute atomic E-state index is 13.4. The second-order valence-corrected chi connectivity index (χ2v) is 5.02. The number of aromatic nitrogens is 2. The Labute approximate surface area is 117 Å². The third kappa shape index (κ3) is 2.96. The van der Waals surface area contributed by atoms with Crippen LogP contribution in [0.5, 0.6) is 0 Å². The van der Waals surface area contributed by atoms with E-state index < -0.39 is 0 Å². The number of halogens is 2. The zero-order valence-corrected chi connectivity index (χ0v) is 11.7. The fraction of sp³-hybridized carbons (Fsp3) is 0.357. The molecule has 0 saturated carbocycles. The molecular formula is C14H17ClFN3. The van der Waals surface area contributed by atoms with Crippen LogP contribution in [0.15, 0.2) is 30.5 Å². The van der Waals surface area contributed by atoms with Gasteiger partial charge in [-0.2, -0.15) is 5.10 Å². The molecule has 2 N–H and O–H groups in total. The van der Waals surface area contributed by atoms with E-state index in [0.717, 1.165) is 17.7 Å². The van der Waals surface area contributed by atoms with Gasteiger partial charge in [0.05, 0.1) is 16.8 Å². The minimum atomic E-state index is -0.277. The molecule has 0 aliphatic rings. The van der Waals surface area contributed by atoms with Crippen molar-refractivity contribution in [2.24, 2.45) is 5.73 Å². The summed E-state index contributed by atoms with van der Waals surface area (Å²) in [6.45, 7) is 3.83. The second kappa shape index (κ2) is 5.72. The van der Waals surface area contributed by atoms with Crippen LogP contribution in [0.1, 0.15) is 30.6 Å². The van der Waals surface area contributed by atoms with E-state index in [2.05, 4.69) is 5.10 Å². The van der Waals surface area contributed by atoms with Crippen LogP contribution in [0.4, 0.5) is 4.39 Å². The lowest BCUT2D eigenvalue weighted by Gasteiger charge is -2.24. The van der Waals surface area contributed by atoms with Gasteiger partial charge in [0.25, 0.3) is 0 Å². The van der Waals surface area contributed by atoms with E-state index in [0.29, 0.717) is 5.02 Å². The first-order chi connectivity index (χ1) is 9.02. The van der Waals surface area contributed by atoms with Gasteiger partial charge < -0.3 is 5.73 Å². The first-order valence-corrected chi connectivity index (χ1v) is 6.63. The molecule has 0 fully saturated rings. The lowest BCUT2D eigenvalue weighted by Crippen LogP contribution is -2.33. The monoisotopic (exact) mass is 281 g/mol. The van der Waals surface area contributed by atoms with E-state index in [-0.39, 0.29) is 17.9 Å². The van der Waals surface area contributed by atoms with Crippen LogP contribution in [0.2, 0.25) is 5.02 Å². The number of hydrogen-bond acceptors (Lipinski definition) is 2. The Bertz CT molecular complexity index is 548. The van der Waals surface area contributed by atoms with Crippen LogP contribution >= 0.6 is 11.6 Å². The first kappa shape index (κ1) is 14.0. The van der Waals surface area contributed by atoms with Gasteiger partial charge in [-0.05, 0) is 31.0 Å². The van der Waals surface area contributed by atoms with Crippen LogP contribution in [0, 0.1) is 12.7 Å². The molecule has 2 rings (SSSR count). The Kier molecular flexibility index (Phi) is 4.22. The van der Waals surface area contributed by atoms with Gasteiger partial charge in [-0.25, -0.2) is 4.39 Å². The summed E-state index contributed by atoms with van der Waals surface area (Å²) in [5.74, 6) is -0.277. The molecule has 102 valence electrons. The van der Waals surface area contributed by atoms with Crippen molar-refractivity contribution in [1.29, 1.82) is 0 Å². The van der Waals surface area contributed by atoms with Crippen molar-refractivity contribution in [3.8, 4) is 0 Å². The minimum absolute atomic E-state index is 0.155. The number of nitrogens with zero attached hydrogens (tertiary/aromatic N) is 2. The summed E-state index contributed by atoms with van der Waals surface area (Å²) in [6, 6.07) is 6.07. The van der Waals surface area contributed by atoms with Crippen molar-refractivity contribution < 1.29 is 4.39 Å². The summed E-state index contributed by atoms with van der Waals surface area (Å²) >= 11 is 6.04. The van der Waals surface area contributed by atoms with E-state index in [9.17, 15) is 4.39 Å². The topological polar surface area (TPSA) is 43.8 Å². The van der Waals surface area contributed by atoms with Crippen molar-refractivity contribution in [1.82, 2.24) is 9.78 Å². The zero-order valence-electron chi connectivity index (χ0n) is 11.0. The molecule has 0 aliphatic heterocycles. The number of nitrogens with two attached hydrogens (primary N) is 1. The standard InChI is InChI=1S/C14H17ClFN3/c1-3-13(17)14(10-5-4-6-11(16)7-10)19-8-12(15)9(2)18-19/h4-8,13-14H,3,17H2,1-2H3. The molecule has 0 spiro atoms. The summed E-state index contributed by atoms with van der Waals surface area (Å²) in [6.07, 6.45) is 2.50. The number of rotatable bonds is 4. The SMILES string of the molecule is CCC(N)C(c1cccc(F)c1)n1cc(Cl)c(C)n1. The average molecular weight is 282 g/mol. The Balaban J connectivity index is 2.47. The highest BCUT2D eigenvalue weighted by Crippen LogP contribution is 2.25. The average Bonchev–Trinajstić information content (AvgIpc) is 2.69. The molecule has 1 aromatic heterocycles. The Hall–Kier alpha value is -1.39. The molecule has 2 unspecified atom stereocenters. The normalized spacial score (nSPS) is 14.4. The smallest absolute Gasteiger partial charge is 0.123 e. The highest BCUT2D eigenvalue weighted by Gasteiger charge is 2.22. The largest absolute Gasteiger partial charge is 0.326 e. The Morgan fingerprint density at radius 1 is 1.47 bits per heavy atom. The fourth-order valence-corrected chi connectivity index (χ4v) is 2.25. The molecule has 0 bridgehead atoms. The summed E-state index contributed by atoms with van der Waals surface area (Å²) in [7, 11) is 0. The fourth-order valence-electron chi connectivity index (χ4n) is 2.11. The lowest BCUT2D eigenvalue weighted by atomic mass is 9.98. The highest BCUT2D eigenvalue weighted by molar-refractivity contribution is 6.31. The third-order valence-corrected chi connectivity index (χ3v) is 3.58. The van der Waals surface area contributed by atoms with E-state index in [1.807, 2.05) is 19.9 Å². The van der Waals surface area contributed by atoms with Crippen LogP contribution in [-0.4, -0.2) is 15.8 Å². The van der Waals surface area contributed by atoms with Crippen molar-refractivity contribution in [3.05, 3.63) is 52.6 Å². The number of benzene rings is 1. The second-order valence-electron chi connectivity index (χ2n) is 4.61. The first-order valence-electron chi connectivity index (χ1n) is 6.25. The van der Waals surface area contributed by atoms with Crippen LogP contribution in [0.25, 0.3) is 0 Å². The molecule has 19 heavy (non-hydrogen) atoms. The van der Waals surface area contributed by atoms with Gasteiger partial charge in [-0.3, -0.25) is 4.68 Å². The van der Waals surface area contributed by atoms with Crippen LogP contribution in [0.3, 0.4) is 0 Å². The quantitative estimate of drug-likeness (QED) is 0.934. The van der Waals surface area contributed by atoms with Gasteiger partial charge in [0.15, 0.2) is 0 Å². The predicted octanol–water partition coefficient (Wildman–Crippen LogP) is 3.31. The van der Waals surface area contributed by atoms with Gasteiger partial charge in [-0.1, -0.05) is 30.7 Å². The Morgan fingerprint density at radius 2 is 2.21 bits per heavy atom. The molecule has 1 aromatic carbocycles. The molecule has 3 nitrogen and oxygen atoms in total. The van der Waals surface area contributed by atoms with Crippen molar-refractivity contribution in [2.75, 3.05) is 0 Å². The van der Waals surface area contributed by atoms with Crippen molar-refractivity contribution in [3.63, 3.8) is 0 Å². The molecule has 2 atom stereocenters. The van der Waals surface area contributed by atoms with E-state index in [1.54, 1.807) is 16.9 Å². The maximum atomic E-state index is 13.4. The molecule has 0 aliphatic carbocycles.